The van der Waals surface area contributed by atoms with Crippen molar-refractivity contribution in [3.05, 3.63) is 12.4 Å². The number of ether oxygens (including phenoxy) is 1. The van der Waals surface area contributed by atoms with E-state index in [2.05, 4.69) is 10.4 Å². The van der Waals surface area contributed by atoms with Gasteiger partial charge in [0.1, 0.15) is 5.60 Å². The summed E-state index contributed by atoms with van der Waals surface area (Å²) in [7, 11) is -2.41. The Bertz CT molecular complexity index is 674. The van der Waals surface area contributed by atoms with Gasteiger partial charge in [-0.05, 0) is 40.2 Å². The van der Waals surface area contributed by atoms with Crippen LogP contribution in [0, 0.1) is 0 Å². The normalized spacial score (nSPS) is 18.9. The molecule has 1 amide bonds. The Morgan fingerprint density at radius 2 is 2.21 bits per heavy atom. The van der Waals surface area contributed by atoms with Gasteiger partial charge in [-0.3, -0.25) is 4.68 Å². The second-order valence-corrected chi connectivity index (χ2v) is 8.32. The van der Waals surface area contributed by atoms with Gasteiger partial charge in [0.05, 0.1) is 17.9 Å². The van der Waals surface area contributed by atoms with Gasteiger partial charge in [-0.1, -0.05) is 0 Å². The molecule has 1 unspecified atom stereocenters. The first kappa shape index (κ1) is 18.5. The number of amides is 1. The summed E-state index contributed by atoms with van der Waals surface area (Å²) in [5.74, 6) is 0. The first-order chi connectivity index (χ1) is 11.1. The van der Waals surface area contributed by atoms with Crippen molar-refractivity contribution in [1.82, 2.24) is 19.8 Å². The van der Waals surface area contributed by atoms with Gasteiger partial charge in [-0.15, -0.1) is 0 Å². The van der Waals surface area contributed by atoms with E-state index < -0.39 is 21.9 Å². The highest BCUT2D eigenvalue weighted by Crippen LogP contribution is 2.23. The van der Waals surface area contributed by atoms with Gasteiger partial charge in [0.15, 0.2) is 0 Å². The lowest BCUT2D eigenvalue weighted by Crippen LogP contribution is -2.54. The van der Waals surface area contributed by atoms with Crippen LogP contribution < -0.4 is 14.3 Å². The lowest BCUT2D eigenvalue weighted by atomic mass is 10.1. The number of carbonyl (C=O) groups is 1. The maximum Gasteiger partial charge on any atom is 0.422 e. The summed E-state index contributed by atoms with van der Waals surface area (Å²) in [6, 6.07) is -0.303. The number of rotatable bonds is 4. The van der Waals surface area contributed by atoms with Crippen molar-refractivity contribution in [2.24, 2.45) is 7.05 Å². The summed E-state index contributed by atoms with van der Waals surface area (Å²) >= 11 is 0. The molecule has 2 N–H and O–H groups in total. The zero-order chi connectivity index (χ0) is 18.0. The fourth-order valence-electron chi connectivity index (χ4n) is 2.55. The molecule has 1 fully saturated rings. The molecule has 0 aliphatic carbocycles. The number of carbonyl (C=O) groups excluding carboxylic acids is 1. The Morgan fingerprint density at radius 3 is 2.71 bits per heavy atom. The molecule has 1 aliphatic heterocycles. The van der Waals surface area contributed by atoms with E-state index in [1.807, 2.05) is 4.72 Å². The van der Waals surface area contributed by atoms with Gasteiger partial charge in [0.25, 0.3) is 0 Å². The monoisotopic (exact) mass is 359 g/mol. The zero-order valence-corrected chi connectivity index (χ0v) is 15.3. The average molecular weight is 359 g/mol. The van der Waals surface area contributed by atoms with E-state index in [1.54, 1.807) is 34.0 Å². The number of hydrogen-bond donors (Lipinski definition) is 2. The fraction of sp³-hybridized carbons (Fsp3) is 0.714. The zero-order valence-electron chi connectivity index (χ0n) is 14.4. The molecule has 136 valence electrons. The number of anilines is 1. The molecule has 1 atom stereocenters. The minimum absolute atomic E-state index is 0.303. The van der Waals surface area contributed by atoms with E-state index in [4.69, 9.17) is 4.74 Å². The fourth-order valence-corrected chi connectivity index (χ4v) is 3.85. The second kappa shape index (κ2) is 6.98. The second-order valence-electron chi connectivity index (χ2n) is 6.78. The first-order valence-electron chi connectivity index (χ1n) is 7.83. The van der Waals surface area contributed by atoms with Crippen molar-refractivity contribution in [3.8, 4) is 0 Å². The quantitative estimate of drug-likeness (QED) is 0.822. The first-order valence-corrected chi connectivity index (χ1v) is 9.27. The molecule has 10 heteroatoms. The Balaban J connectivity index is 2.26. The minimum Gasteiger partial charge on any atom is -0.443 e. The predicted octanol–water partition coefficient (Wildman–Crippen LogP) is 0.748. The molecule has 0 spiro atoms. The van der Waals surface area contributed by atoms with Crippen LogP contribution >= 0.6 is 0 Å². The topological polar surface area (TPSA) is 106 Å². The smallest absolute Gasteiger partial charge is 0.422 e. The summed E-state index contributed by atoms with van der Waals surface area (Å²) in [4.78, 5) is 11.9. The third kappa shape index (κ3) is 4.84. The molecule has 0 bridgehead atoms. The van der Waals surface area contributed by atoms with Crippen LogP contribution in [0.4, 0.5) is 10.5 Å². The van der Waals surface area contributed by atoms with Crippen molar-refractivity contribution in [2.75, 3.05) is 17.4 Å². The van der Waals surface area contributed by atoms with Gasteiger partial charge in [0, 0.05) is 19.8 Å². The van der Waals surface area contributed by atoms with Crippen molar-refractivity contribution in [2.45, 2.75) is 45.3 Å². The molecule has 0 radical (unpaired) electrons. The van der Waals surface area contributed by atoms with Gasteiger partial charge in [-0.25, -0.2) is 13.8 Å². The number of nitrogens with one attached hydrogen (secondary N) is 2. The van der Waals surface area contributed by atoms with Gasteiger partial charge >= 0.3 is 16.3 Å². The van der Waals surface area contributed by atoms with Crippen LogP contribution in [0.5, 0.6) is 0 Å². The van der Waals surface area contributed by atoms with Gasteiger partial charge < -0.3 is 10.1 Å². The highest BCUT2D eigenvalue weighted by molar-refractivity contribution is 7.91. The van der Waals surface area contributed by atoms with Crippen molar-refractivity contribution in [1.29, 1.82) is 0 Å². The predicted molar refractivity (Wildman–Crippen MR) is 89.9 cm³/mol. The third-order valence-corrected chi connectivity index (χ3v) is 4.87. The minimum atomic E-state index is -4.12. The van der Waals surface area contributed by atoms with Gasteiger partial charge in [0.2, 0.25) is 0 Å². The van der Waals surface area contributed by atoms with Gasteiger partial charge in [-0.2, -0.15) is 13.5 Å². The third-order valence-electron chi connectivity index (χ3n) is 3.42. The average Bonchev–Trinajstić information content (AvgIpc) is 2.82. The number of aryl methyl sites for hydroxylation is 1. The SMILES string of the molecule is Cn1cc(N(C2CCCNC2)S(=O)(=O)NC(=O)OC(C)(C)C)cn1. The summed E-state index contributed by atoms with van der Waals surface area (Å²) < 4.78 is 35.3. The molecule has 0 aromatic carbocycles. The van der Waals surface area contributed by atoms with Crippen LogP contribution in [0.25, 0.3) is 0 Å². The van der Waals surface area contributed by atoms with Crippen LogP contribution in [0.3, 0.4) is 0 Å². The van der Waals surface area contributed by atoms with E-state index in [-0.39, 0.29) is 6.04 Å². The lowest BCUT2D eigenvalue weighted by Gasteiger charge is -2.34. The largest absolute Gasteiger partial charge is 0.443 e. The molecule has 1 aromatic heterocycles. The van der Waals surface area contributed by atoms with Crippen molar-refractivity contribution >= 4 is 22.0 Å². The van der Waals surface area contributed by atoms with Crippen molar-refractivity contribution < 1.29 is 17.9 Å². The summed E-state index contributed by atoms with van der Waals surface area (Å²) in [5, 5.41) is 7.21. The highest BCUT2D eigenvalue weighted by atomic mass is 32.2. The molecule has 0 saturated carbocycles. The van der Waals surface area contributed by atoms with Crippen molar-refractivity contribution in [3.63, 3.8) is 0 Å². The molecule has 9 nitrogen and oxygen atoms in total. The maximum atomic E-state index is 12.8. The molecule has 24 heavy (non-hydrogen) atoms. The van der Waals surface area contributed by atoms with Crippen LogP contribution in [-0.4, -0.2) is 49.0 Å². The molecule has 1 aliphatic rings. The van der Waals surface area contributed by atoms with E-state index in [0.717, 1.165) is 13.0 Å². The van der Waals surface area contributed by atoms with Crippen LogP contribution in [0.15, 0.2) is 12.4 Å². The molecular formula is C14H25N5O4S. The molecular weight excluding hydrogens is 334 g/mol. The molecule has 2 heterocycles. The van der Waals surface area contributed by atoms with Crippen LogP contribution in [-0.2, 0) is 22.0 Å². The summed E-state index contributed by atoms with van der Waals surface area (Å²) in [6.45, 7) is 6.36. The Hall–Kier alpha value is -1.81. The highest BCUT2D eigenvalue weighted by Gasteiger charge is 2.34. The van der Waals surface area contributed by atoms with E-state index in [9.17, 15) is 13.2 Å². The maximum absolute atomic E-state index is 12.8. The number of aromatic nitrogens is 2. The number of nitrogens with zero attached hydrogens (tertiary/aromatic N) is 3. The summed E-state index contributed by atoms with van der Waals surface area (Å²) in [6.07, 6.45) is 3.60. The number of piperidine rings is 1. The van der Waals surface area contributed by atoms with E-state index in [0.29, 0.717) is 18.7 Å². The molecule has 2 rings (SSSR count). The lowest BCUT2D eigenvalue weighted by molar-refractivity contribution is 0.0570. The Labute approximate surface area is 142 Å². The van der Waals surface area contributed by atoms with Crippen LogP contribution in [0.2, 0.25) is 0 Å². The Morgan fingerprint density at radius 1 is 1.50 bits per heavy atom. The Kier molecular flexibility index (Phi) is 5.38. The molecule has 1 aromatic rings. The van der Waals surface area contributed by atoms with Crippen LogP contribution in [0.1, 0.15) is 33.6 Å². The molecule has 1 saturated heterocycles. The summed E-state index contributed by atoms with van der Waals surface area (Å²) in [5.41, 5.74) is -0.382. The van der Waals surface area contributed by atoms with E-state index in [1.165, 1.54) is 15.2 Å². The number of hydrogen-bond acceptors (Lipinski definition) is 6. The van der Waals surface area contributed by atoms with E-state index >= 15 is 0 Å². The standard InChI is InChI=1S/C14H25N5O4S/c1-14(2,3)23-13(20)17-24(21,22)19(11-6-5-7-15-8-11)12-9-16-18(4)10-12/h9-11,15H,5-8H2,1-4H3,(H,17,20).